The molecule has 1 aliphatic carbocycles. The highest BCUT2D eigenvalue weighted by Gasteiger charge is 2.15. The molecular weight excluding hydrogens is 268 g/mol. The first-order valence-corrected chi connectivity index (χ1v) is 6.80. The Kier molecular flexibility index (Phi) is 4.99. The van der Waals surface area contributed by atoms with E-state index in [0.29, 0.717) is 19.3 Å². The van der Waals surface area contributed by atoms with Gasteiger partial charge in [-0.1, -0.05) is 24.4 Å². The van der Waals surface area contributed by atoms with Gasteiger partial charge in [-0.2, -0.15) is 0 Å². The van der Waals surface area contributed by atoms with E-state index in [-0.39, 0.29) is 16.5 Å². The molecule has 6 heteroatoms. The third-order valence-electron chi connectivity index (χ3n) is 3.14. The summed E-state index contributed by atoms with van der Waals surface area (Å²) in [5, 5.41) is 12.3. The number of rotatable bonds is 6. The van der Waals surface area contributed by atoms with Gasteiger partial charge in [0.2, 0.25) is 0 Å². The SMILES string of the molecule is O=C(O)c1ccc(Cl)nc1NCCOC1CCCC1. The number of nitrogens with one attached hydrogen (secondary N) is 1. The first-order valence-electron chi connectivity index (χ1n) is 6.42. The van der Waals surface area contributed by atoms with Crippen molar-refractivity contribution in [2.45, 2.75) is 31.8 Å². The third kappa shape index (κ3) is 4.08. The summed E-state index contributed by atoms with van der Waals surface area (Å²) in [4.78, 5) is 15.0. The Morgan fingerprint density at radius 1 is 1.47 bits per heavy atom. The smallest absolute Gasteiger partial charge is 0.339 e. The number of carbonyl (C=O) groups is 1. The molecule has 19 heavy (non-hydrogen) atoms. The van der Waals surface area contributed by atoms with Crippen LogP contribution in [0.2, 0.25) is 5.15 Å². The fourth-order valence-corrected chi connectivity index (χ4v) is 2.34. The van der Waals surface area contributed by atoms with Gasteiger partial charge in [0, 0.05) is 6.54 Å². The molecule has 0 bridgehead atoms. The van der Waals surface area contributed by atoms with Crippen LogP contribution < -0.4 is 5.32 Å². The second kappa shape index (κ2) is 6.73. The number of pyridine rings is 1. The Morgan fingerprint density at radius 3 is 2.89 bits per heavy atom. The molecule has 1 heterocycles. The van der Waals surface area contributed by atoms with Crippen molar-refractivity contribution < 1.29 is 14.6 Å². The van der Waals surface area contributed by atoms with Crippen LogP contribution in [0.15, 0.2) is 12.1 Å². The molecule has 1 aromatic heterocycles. The molecule has 5 nitrogen and oxygen atoms in total. The van der Waals surface area contributed by atoms with E-state index in [1.807, 2.05) is 0 Å². The van der Waals surface area contributed by atoms with Gasteiger partial charge in [0.15, 0.2) is 0 Å². The zero-order valence-electron chi connectivity index (χ0n) is 10.6. The summed E-state index contributed by atoms with van der Waals surface area (Å²) in [6, 6.07) is 2.91. The van der Waals surface area contributed by atoms with E-state index < -0.39 is 5.97 Å². The molecule has 1 aliphatic rings. The molecule has 0 radical (unpaired) electrons. The Morgan fingerprint density at radius 2 is 2.21 bits per heavy atom. The predicted molar refractivity (Wildman–Crippen MR) is 72.9 cm³/mol. The quantitative estimate of drug-likeness (QED) is 0.621. The van der Waals surface area contributed by atoms with Crippen LogP contribution in [0.4, 0.5) is 5.82 Å². The first-order chi connectivity index (χ1) is 9.16. The first kappa shape index (κ1) is 14.1. The van der Waals surface area contributed by atoms with Crippen LogP contribution >= 0.6 is 11.6 Å². The van der Waals surface area contributed by atoms with Crippen LogP contribution in [0.3, 0.4) is 0 Å². The number of nitrogens with zero attached hydrogens (tertiary/aromatic N) is 1. The average molecular weight is 285 g/mol. The van der Waals surface area contributed by atoms with Crippen molar-refractivity contribution in [2.75, 3.05) is 18.5 Å². The van der Waals surface area contributed by atoms with Crippen molar-refractivity contribution in [2.24, 2.45) is 0 Å². The summed E-state index contributed by atoms with van der Waals surface area (Å²) in [7, 11) is 0. The molecule has 1 fully saturated rings. The number of anilines is 1. The monoisotopic (exact) mass is 284 g/mol. The highest BCUT2D eigenvalue weighted by Crippen LogP contribution is 2.21. The van der Waals surface area contributed by atoms with Crippen LogP contribution in [-0.2, 0) is 4.74 Å². The van der Waals surface area contributed by atoms with E-state index in [1.54, 1.807) is 0 Å². The van der Waals surface area contributed by atoms with Gasteiger partial charge >= 0.3 is 5.97 Å². The van der Waals surface area contributed by atoms with Crippen molar-refractivity contribution in [3.63, 3.8) is 0 Å². The molecule has 2 N–H and O–H groups in total. The second-order valence-electron chi connectivity index (χ2n) is 4.54. The summed E-state index contributed by atoms with van der Waals surface area (Å²) in [6.45, 7) is 1.06. The zero-order valence-corrected chi connectivity index (χ0v) is 11.3. The lowest BCUT2D eigenvalue weighted by Crippen LogP contribution is -2.17. The molecule has 2 rings (SSSR count). The maximum Gasteiger partial charge on any atom is 0.339 e. The van der Waals surface area contributed by atoms with Crippen LogP contribution in [0.5, 0.6) is 0 Å². The van der Waals surface area contributed by atoms with Gasteiger partial charge in [0.25, 0.3) is 0 Å². The fourth-order valence-electron chi connectivity index (χ4n) is 2.19. The number of carboxylic acid groups (broad SMARTS) is 1. The minimum atomic E-state index is -1.02. The summed E-state index contributed by atoms with van der Waals surface area (Å²) in [5.41, 5.74) is 0.116. The molecule has 0 spiro atoms. The van der Waals surface area contributed by atoms with Crippen molar-refractivity contribution >= 4 is 23.4 Å². The average Bonchev–Trinajstić information content (AvgIpc) is 2.87. The van der Waals surface area contributed by atoms with Crippen molar-refractivity contribution in [1.29, 1.82) is 0 Å². The topological polar surface area (TPSA) is 71.5 Å². The van der Waals surface area contributed by atoms with E-state index in [9.17, 15) is 4.79 Å². The Bertz CT molecular complexity index is 448. The Hall–Kier alpha value is -1.33. The molecule has 0 aliphatic heterocycles. The molecule has 104 valence electrons. The number of hydrogen-bond acceptors (Lipinski definition) is 4. The summed E-state index contributed by atoms with van der Waals surface area (Å²) in [6.07, 6.45) is 5.06. The molecule has 0 saturated heterocycles. The highest BCUT2D eigenvalue weighted by molar-refractivity contribution is 6.29. The van der Waals surface area contributed by atoms with Crippen LogP contribution in [-0.4, -0.2) is 35.3 Å². The van der Waals surface area contributed by atoms with Crippen LogP contribution in [0.25, 0.3) is 0 Å². The minimum Gasteiger partial charge on any atom is -0.478 e. The zero-order chi connectivity index (χ0) is 13.7. The predicted octanol–water partition coefficient (Wildman–Crippen LogP) is 2.80. The van der Waals surface area contributed by atoms with E-state index in [0.717, 1.165) is 12.8 Å². The number of hydrogen-bond donors (Lipinski definition) is 2. The highest BCUT2D eigenvalue weighted by atomic mass is 35.5. The van der Waals surface area contributed by atoms with Crippen LogP contribution in [0.1, 0.15) is 36.0 Å². The number of carboxylic acids is 1. The van der Waals surface area contributed by atoms with Crippen molar-refractivity contribution in [1.82, 2.24) is 4.98 Å². The molecule has 0 unspecified atom stereocenters. The van der Waals surface area contributed by atoms with E-state index in [4.69, 9.17) is 21.4 Å². The maximum absolute atomic E-state index is 11.0. The normalized spacial score (nSPS) is 15.6. The lowest BCUT2D eigenvalue weighted by molar-refractivity contribution is 0.0655. The second-order valence-corrected chi connectivity index (χ2v) is 4.93. The summed E-state index contributed by atoms with van der Waals surface area (Å²) >= 11 is 5.76. The van der Waals surface area contributed by atoms with Gasteiger partial charge in [-0.25, -0.2) is 9.78 Å². The Balaban J connectivity index is 1.84. The van der Waals surface area contributed by atoms with Gasteiger partial charge < -0.3 is 15.2 Å². The van der Waals surface area contributed by atoms with Gasteiger partial charge in [-0.05, 0) is 25.0 Å². The largest absolute Gasteiger partial charge is 0.478 e. The van der Waals surface area contributed by atoms with Gasteiger partial charge in [-0.15, -0.1) is 0 Å². The van der Waals surface area contributed by atoms with Gasteiger partial charge in [0.05, 0.1) is 12.7 Å². The lowest BCUT2D eigenvalue weighted by Gasteiger charge is -2.12. The lowest BCUT2D eigenvalue weighted by atomic mass is 10.2. The van der Waals surface area contributed by atoms with Crippen LogP contribution in [0, 0.1) is 0 Å². The van der Waals surface area contributed by atoms with E-state index in [2.05, 4.69) is 10.3 Å². The third-order valence-corrected chi connectivity index (χ3v) is 3.35. The van der Waals surface area contributed by atoms with Gasteiger partial charge in [0.1, 0.15) is 16.5 Å². The summed E-state index contributed by atoms with van der Waals surface area (Å²) in [5.74, 6) is -0.738. The number of aromatic carboxylic acids is 1. The van der Waals surface area contributed by atoms with Gasteiger partial charge in [-0.3, -0.25) is 0 Å². The number of aromatic nitrogens is 1. The standard InChI is InChI=1S/C13H17ClN2O3/c14-11-6-5-10(13(17)18)12(16-11)15-7-8-19-9-3-1-2-4-9/h5-6,9H,1-4,7-8H2,(H,15,16)(H,17,18). The Labute approximate surface area is 116 Å². The van der Waals surface area contributed by atoms with E-state index in [1.165, 1.54) is 25.0 Å². The molecule has 0 amide bonds. The fraction of sp³-hybridized carbons (Fsp3) is 0.538. The van der Waals surface area contributed by atoms with E-state index >= 15 is 0 Å². The minimum absolute atomic E-state index is 0.116. The van der Waals surface area contributed by atoms with Crippen molar-refractivity contribution in [3.8, 4) is 0 Å². The molecular formula is C13H17ClN2O3. The molecule has 1 aromatic rings. The molecule has 1 saturated carbocycles. The molecule has 0 atom stereocenters. The maximum atomic E-state index is 11.0. The number of halogens is 1. The summed E-state index contributed by atoms with van der Waals surface area (Å²) < 4.78 is 5.68. The number of ether oxygens (including phenoxy) is 1. The molecule has 0 aromatic carbocycles. The van der Waals surface area contributed by atoms with Crippen molar-refractivity contribution in [3.05, 3.63) is 22.8 Å².